The minimum atomic E-state index is -0.244. The van der Waals surface area contributed by atoms with E-state index in [1.807, 2.05) is 0 Å². The Morgan fingerprint density at radius 2 is 1.92 bits per heavy atom. The molecule has 1 heterocycles. The molecule has 3 rings (SSSR count). The molecule has 0 unspecified atom stereocenters. The summed E-state index contributed by atoms with van der Waals surface area (Å²) in [6.07, 6.45) is 3.15. The molecule has 6 heteroatoms. The maximum Gasteiger partial charge on any atom is 0.262 e. The lowest BCUT2D eigenvalue weighted by molar-refractivity contribution is -0.118. The lowest BCUT2D eigenvalue weighted by Crippen LogP contribution is -2.25. The molecule has 0 saturated carbocycles. The van der Waals surface area contributed by atoms with Gasteiger partial charge >= 0.3 is 0 Å². The van der Waals surface area contributed by atoms with Gasteiger partial charge < -0.3 is 15.4 Å². The second-order valence-corrected chi connectivity index (χ2v) is 5.55. The second-order valence-electron chi connectivity index (χ2n) is 5.55. The Balaban J connectivity index is 1.71. The third-order valence-corrected chi connectivity index (χ3v) is 3.56. The molecule has 0 radical (unpaired) electrons. The van der Waals surface area contributed by atoms with E-state index in [0.29, 0.717) is 22.7 Å². The average molecular weight is 336 g/mol. The first-order chi connectivity index (χ1) is 12.0. The number of anilines is 2. The zero-order chi connectivity index (χ0) is 17.8. The van der Waals surface area contributed by atoms with Crippen LogP contribution in [0.25, 0.3) is 6.08 Å². The quantitative estimate of drug-likeness (QED) is 0.664. The number of nitrogens with one attached hydrogen (secondary N) is 2. The SMILES string of the molecule is CC(=O)Nc1ccc(C=CC(=O)c2ccc3c(c2)NC(=O)CO3)cc1. The van der Waals surface area contributed by atoms with E-state index in [4.69, 9.17) is 4.74 Å². The zero-order valence-electron chi connectivity index (χ0n) is 13.5. The second kappa shape index (κ2) is 7.00. The number of allylic oxidation sites excluding steroid dienone is 1. The molecule has 0 atom stereocenters. The number of ether oxygens (including phenoxy) is 1. The molecule has 0 bridgehead atoms. The molecule has 1 aliphatic heterocycles. The van der Waals surface area contributed by atoms with Crippen molar-refractivity contribution in [3.05, 3.63) is 59.7 Å². The Kier molecular flexibility index (Phi) is 4.61. The largest absolute Gasteiger partial charge is 0.482 e. The molecule has 0 aliphatic carbocycles. The molecule has 0 spiro atoms. The van der Waals surface area contributed by atoms with Crippen LogP contribution in [0.1, 0.15) is 22.8 Å². The van der Waals surface area contributed by atoms with Gasteiger partial charge in [-0.3, -0.25) is 14.4 Å². The first-order valence-corrected chi connectivity index (χ1v) is 7.68. The van der Waals surface area contributed by atoms with Crippen LogP contribution in [0, 0.1) is 0 Å². The van der Waals surface area contributed by atoms with Crippen LogP contribution in [0.5, 0.6) is 5.75 Å². The van der Waals surface area contributed by atoms with Gasteiger partial charge in [-0.2, -0.15) is 0 Å². The standard InChI is InChI=1S/C19H16N2O4/c1-12(22)20-15-6-2-13(3-7-15)4-8-17(23)14-5-9-18-16(10-14)21-19(24)11-25-18/h2-10H,11H2,1H3,(H,20,22)(H,21,24). The van der Waals surface area contributed by atoms with Crippen LogP contribution in [0.15, 0.2) is 48.5 Å². The van der Waals surface area contributed by atoms with Crippen LogP contribution in [0.4, 0.5) is 11.4 Å². The molecule has 1 aliphatic rings. The number of carbonyl (C=O) groups is 3. The molecule has 6 nitrogen and oxygen atoms in total. The van der Waals surface area contributed by atoms with Crippen LogP contribution >= 0.6 is 0 Å². The Morgan fingerprint density at radius 3 is 2.64 bits per heavy atom. The van der Waals surface area contributed by atoms with Crippen LogP contribution in [0.3, 0.4) is 0 Å². The van der Waals surface area contributed by atoms with Crippen molar-refractivity contribution in [1.29, 1.82) is 0 Å². The van der Waals surface area contributed by atoms with E-state index in [0.717, 1.165) is 5.56 Å². The van der Waals surface area contributed by atoms with Crippen molar-refractivity contribution < 1.29 is 19.1 Å². The third-order valence-electron chi connectivity index (χ3n) is 3.56. The molecule has 2 N–H and O–H groups in total. The smallest absolute Gasteiger partial charge is 0.262 e. The highest BCUT2D eigenvalue weighted by molar-refractivity contribution is 6.08. The normalized spacial score (nSPS) is 12.9. The van der Waals surface area contributed by atoms with Gasteiger partial charge in [0.15, 0.2) is 12.4 Å². The van der Waals surface area contributed by atoms with Crippen molar-refractivity contribution in [2.75, 3.05) is 17.2 Å². The van der Waals surface area contributed by atoms with Crippen molar-refractivity contribution in [1.82, 2.24) is 0 Å². The third kappa shape index (κ3) is 4.11. The van der Waals surface area contributed by atoms with E-state index in [1.165, 1.54) is 13.0 Å². The lowest BCUT2D eigenvalue weighted by Gasteiger charge is -2.17. The number of rotatable bonds is 4. The number of carbonyl (C=O) groups excluding carboxylic acids is 3. The van der Waals surface area contributed by atoms with E-state index in [-0.39, 0.29) is 24.2 Å². The van der Waals surface area contributed by atoms with Gasteiger partial charge in [0.2, 0.25) is 5.91 Å². The summed E-state index contributed by atoms with van der Waals surface area (Å²) in [6, 6.07) is 12.0. The molecule has 0 aromatic heterocycles. The summed E-state index contributed by atoms with van der Waals surface area (Å²) in [7, 11) is 0. The van der Waals surface area contributed by atoms with E-state index in [9.17, 15) is 14.4 Å². The molecule has 25 heavy (non-hydrogen) atoms. The monoisotopic (exact) mass is 336 g/mol. The molecular weight excluding hydrogens is 320 g/mol. The summed E-state index contributed by atoms with van der Waals surface area (Å²) in [5.74, 6) is -0.0175. The van der Waals surface area contributed by atoms with Crippen molar-refractivity contribution in [2.24, 2.45) is 0 Å². The summed E-state index contributed by atoms with van der Waals surface area (Å²) in [4.78, 5) is 34.6. The fourth-order valence-electron chi connectivity index (χ4n) is 2.39. The Labute approximate surface area is 144 Å². The van der Waals surface area contributed by atoms with Crippen molar-refractivity contribution in [2.45, 2.75) is 6.92 Å². The highest BCUT2D eigenvalue weighted by atomic mass is 16.5. The average Bonchev–Trinajstić information content (AvgIpc) is 2.59. The van der Waals surface area contributed by atoms with Crippen molar-refractivity contribution >= 4 is 35.0 Å². The summed E-state index contributed by atoms with van der Waals surface area (Å²) in [6.45, 7) is 1.42. The minimum Gasteiger partial charge on any atom is -0.482 e. The van der Waals surface area contributed by atoms with Crippen LogP contribution in [-0.4, -0.2) is 24.2 Å². The first-order valence-electron chi connectivity index (χ1n) is 7.68. The molecular formula is C19H16N2O4. The number of ketones is 1. The van der Waals surface area contributed by atoms with Gasteiger partial charge in [-0.25, -0.2) is 0 Å². The zero-order valence-corrected chi connectivity index (χ0v) is 13.5. The topological polar surface area (TPSA) is 84.5 Å². The van der Waals surface area contributed by atoms with Gasteiger partial charge in [-0.1, -0.05) is 18.2 Å². The summed E-state index contributed by atoms with van der Waals surface area (Å²) in [5, 5.41) is 5.35. The van der Waals surface area contributed by atoms with Crippen molar-refractivity contribution in [3.8, 4) is 5.75 Å². The van der Waals surface area contributed by atoms with Crippen LogP contribution < -0.4 is 15.4 Å². The molecule has 0 fully saturated rings. The summed E-state index contributed by atoms with van der Waals surface area (Å²) < 4.78 is 5.27. The van der Waals surface area contributed by atoms with Gasteiger partial charge in [0.05, 0.1) is 5.69 Å². The van der Waals surface area contributed by atoms with E-state index in [1.54, 1.807) is 48.5 Å². The number of amides is 2. The highest BCUT2D eigenvalue weighted by Gasteiger charge is 2.17. The first kappa shape index (κ1) is 16.4. The predicted molar refractivity (Wildman–Crippen MR) is 94.7 cm³/mol. The van der Waals surface area contributed by atoms with E-state index >= 15 is 0 Å². The van der Waals surface area contributed by atoms with Crippen LogP contribution in [-0.2, 0) is 9.59 Å². The van der Waals surface area contributed by atoms with Gasteiger partial charge in [-0.15, -0.1) is 0 Å². The minimum absolute atomic E-state index is 0.0192. The molecule has 2 aromatic carbocycles. The molecule has 2 amide bonds. The molecule has 126 valence electrons. The maximum absolute atomic E-state index is 12.3. The number of hydrogen-bond donors (Lipinski definition) is 2. The maximum atomic E-state index is 12.3. The number of fused-ring (bicyclic) bond motifs is 1. The van der Waals surface area contributed by atoms with Gasteiger partial charge in [0, 0.05) is 18.2 Å². The fourth-order valence-corrected chi connectivity index (χ4v) is 2.39. The Bertz CT molecular complexity index is 869. The Morgan fingerprint density at radius 1 is 1.16 bits per heavy atom. The summed E-state index contributed by atoms with van der Waals surface area (Å²) in [5.41, 5.74) is 2.48. The van der Waals surface area contributed by atoms with Gasteiger partial charge in [0.1, 0.15) is 5.75 Å². The molecule has 0 saturated heterocycles. The van der Waals surface area contributed by atoms with E-state index in [2.05, 4.69) is 10.6 Å². The van der Waals surface area contributed by atoms with Gasteiger partial charge in [-0.05, 0) is 42.0 Å². The summed E-state index contributed by atoms with van der Waals surface area (Å²) >= 11 is 0. The van der Waals surface area contributed by atoms with Crippen LogP contribution in [0.2, 0.25) is 0 Å². The Hall–Kier alpha value is -3.41. The fraction of sp³-hybridized carbons (Fsp3) is 0.105. The van der Waals surface area contributed by atoms with E-state index < -0.39 is 0 Å². The highest BCUT2D eigenvalue weighted by Crippen LogP contribution is 2.28. The molecule has 2 aromatic rings. The number of hydrogen-bond acceptors (Lipinski definition) is 4. The van der Waals surface area contributed by atoms with Gasteiger partial charge in [0.25, 0.3) is 5.91 Å². The van der Waals surface area contributed by atoms with Crippen molar-refractivity contribution in [3.63, 3.8) is 0 Å². The predicted octanol–water partition coefficient (Wildman–Crippen LogP) is 2.87. The number of benzene rings is 2. The lowest BCUT2D eigenvalue weighted by atomic mass is 10.1.